The molecular formula is C24H24ClF3N6O2. The first-order chi connectivity index (χ1) is 17.1. The summed E-state index contributed by atoms with van der Waals surface area (Å²) in [4.78, 5) is 25.0. The van der Waals surface area contributed by atoms with Crippen molar-refractivity contribution in [1.29, 1.82) is 0 Å². The molecule has 1 saturated heterocycles. The zero-order valence-corrected chi connectivity index (χ0v) is 20.3. The Bertz CT molecular complexity index is 1280. The number of benzene rings is 2. The molecule has 1 amide bonds. The molecular weight excluding hydrogens is 497 g/mol. The number of halogens is 4. The van der Waals surface area contributed by atoms with E-state index in [0.717, 1.165) is 18.7 Å². The minimum atomic E-state index is -1.46. The number of likely N-dealkylation sites (N-methyl/N-ethyl adjacent to an activating group) is 1. The van der Waals surface area contributed by atoms with E-state index in [4.69, 9.17) is 11.6 Å². The Morgan fingerprint density at radius 3 is 2.61 bits per heavy atom. The lowest BCUT2D eigenvalue weighted by Crippen LogP contribution is -2.50. The lowest BCUT2D eigenvalue weighted by Gasteiger charge is -2.39. The predicted molar refractivity (Wildman–Crippen MR) is 132 cm³/mol. The summed E-state index contributed by atoms with van der Waals surface area (Å²) in [5.41, 5.74) is 0.515. The fourth-order valence-corrected chi connectivity index (χ4v) is 4.13. The highest BCUT2D eigenvalue weighted by atomic mass is 35.5. The highest BCUT2D eigenvalue weighted by molar-refractivity contribution is 6.31. The van der Waals surface area contributed by atoms with E-state index in [1.54, 1.807) is 12.1 Å². The number of anilines is 4. The van der Waals surface area contributed by atoms with Crippen LogP contribution >= 0.6 is 11.6 Å². The number of carbonyl (C=O) groups is 1. The van der Waals surface area contributed by atoms with Crippen molar-refractivity contribution in [3.63, 3.8) is 0 Å². The summed E-state index contributed by atoms with van der Waals surface area (Å²) in [6.07, 6.45) is -0.170. The van der Waals surface area contributed by atoms with E-state index in [1.807, 2.05) is 11.9 Å². The lowest BCUT2D eigenvalue weighted by atomic mass is 10.1. The third-order valence-corrected chi connectivity index (χ3v) is 6.52. The number of aromatic nitrogens is 2. The van der Waals surface area contributed by atoms with Gasteiger partial charge < -0.3 is 20.2 Å². The normalized spacial score (nSPS) is 16.2. The van der Waals surface area contributed by atoms with Gasteiger partial charge in [-0.2, -0.15) is 4.98 Å². The number of hydrogen-bond donors (Lipinski definition) is 2. The molecule has 0 spiro atoms. The van der Waals surface area contributed by atoms with Crippen LogP contribution in [0.15, 0.2) is 42.6 Å². The van der Waals surface area contributed by atoms with E-state index in [1.165, 1.54) is 18.3 Å². The number of nitrogens with zero attached hydrogens (tertiary/aromatic N) is 5. The molecule has 0 radical (unpaired) electrons. The van der Waals surface area contributed by atoms with E-state index < -0.39 is 35.1 Å². The van der Waals surface area contributed by atoms with Crippen LogP contribution < -0.4 is 15.1 Å². The Balaban J connectivity index is 1.54. The van der Waals surface area contributed by atoms with Crippen molar-refractivity contribution in [2.45, 2.75) is 19.5 Å². The van der Waals surface area contributed by atoms with E-state index >= 15 is 0 Å². The van der Waals surface area contributed by atoms with Gasteiger partial charge in [0.2, 0.25) is 5.95 Å². The molecule has 0 saturated carbocycles. The molecule has 36 heavy (non-hydrogen) atoms. The van der Waals surface area contributed by atoms with Gasteiger partial charge in [0.25, 0.3) is 0 Å². The Kier molecular flexibility index (Phi) is 7.51. The second-order valence-electron chi connectivity index (χ2n) is 8.50. The van der Waals surface area contributed by atoms with Crippen LogP contribution in [0.2, 0.25) is 5.02 Å². The monoisotopic (exact) mass is 520 g/mol. The van der Waals surface area contributed by atoms with Gasteiger partial charge in [-0.1, -0.05) is 11.6 Å². The third kappa shape index (κ3) is 5.47. The summed E-state index contributed by atoms with van der Waals surface area (Å²) in [6, 6.07) is 7.96. The number of nitrogens with one attached hydrogen (secondary N) is 1. The molecule has 190 valence electrons. The molecule has 1 aromatic heterocycles. The Morgan fingerprint density at radius 1 is 1.17 bits per heavy atom. The summed E-state index contributed by atoms with van der Waals surface area (Å²) in [6.45, 7) is 3.73. The van der Waals surface area contributed by atoms with Crippen molar-refractivity contribution in [3.05, 3.63) is 70.6 Å². The van der Waals surface area contributed by atoms with Gasteiger partial charge in [0.05, 0.1) is 17.3 Å². The zero-order valence-electron chi connectivity index (χ0n) is 19.6. The van der Waals surface area contributed by atoms with Crippen molar-refractivity contribution >= 4 is 40.8 Å². The largest absolute Gasteiger partial charge is 0.465 e. The van der Waals surface area contributed by atoms with Crippen molar-refractivity contribution in [3.8, 4) is 0 Å². The maximum Gasteiger partial charge on any atom is 0.413 e. The molecule has 3 aromatic rings. The van der Waals surface area contributed by atoms with Gasteiger partial charge in [-0.05, 0) is 50.4 Å². The van der Waals surface area contributed by atoms with Crippen molar-refractivity contribution < 1.29 is 23.1 Å². The third-order valence-electron chi connectivity index (χ3n) is 6.11. The number of hydrogen-bond acceptors (Lipinski definition) is 6. The van der Waals surface area contributed by atoms with Gasteiger partial charge in [-0.3, -0.25) is 4.90 Å². The van der Waals surface area contributed by atoms with Gasteiger partial charge in [-0.15, -0.1) is 0 Å². The maximum absolute atomic E-state index is 14.9. The van der Waals surface area contributed by atoms with Crippen LogP contribution in [0.5, 0.6) is 0 Å². The van der Waals surface area contributed by atoms with Crippen LogP contribution in [0.1, 0.15) is 12.5 Å². The molecule has 4 rings (SSSR count). The van der Waals surface area contributed by atoms with Gasteiger partial charge in [0.15, 0.2) is 0 Å². The van der Waals surface area contributed by atoms with Crippen LogP contribution in [0.3, 0.4) is 0 Å². The van der Waals surface area contributed by atoms with Gasteiger partial charge in [-0.25, -0.2) is 22.9 Å². The summed E-state index contributed by atoms with van der Waals surface area (Å²) in [7, 11) is 2.04. The van der Waals surface area contributed by atoms with Crippen LogP contribution in [0.25, 0.3) is 0 Å². The van der Waals surface area contributed by atoms with Gasteiger partial charge >= 0.3 is 6.09 Å². The Morgan fingerprint density at radius 2 is 1.92 bits per heavy atom. The van der Waals surface area contributed by atoms with Gasteiger partial charge in [0, 0.05) is 43.1 Å². The summed E-state index contributed by atoms with van der Waals surface area (Å²) in [5, 5.41) is 12.0. The quantitative estimate of drug-likeness (QED) is 0.437. The van der Waals surface area contributed by atoms with Crippen LogP contribution in [0.4, 0.5) is 41.1 Å². The summed E-state index contributed by atoms with van der Waals surface area (Å²) < 4.78 is 42.9. The standard InChI is InChI=1S/C24H24ClF3N6O2/c1-14-12-33(10-9-32(14)2)20-6-3-15(11-19(20)28)30-23-29-8-7-21(31-23)34(24(35)36)13-16-17(26)4-5-18(27)22(16)25/h3-8,11,14H,9-10,12-13H2,1-2H3,(H,35,36)(H,29,30,31). The second-order valence-corrected chi connectivity index (χ2v) is 8.87. The molecule has 0 bridgehead atoms. The molecule has 12 heteroatoms. The molecule has 2 heterocycles. The smallest absolute Gasteiger partial charge is 0.413 e. The highest BCUT2D eigenvalue weighted by Gasteiger charge is 2.24. The topological polar surface area (TPSA) is 84.8 Å². The number of rotatable bonds is 6. The second kappa shape index (κ2) is 10.6. The molecule has 1 aliphatic heterocycles. The molecule has 1 fully saturated rings. The summed E-state index contributed by atoms with van der Waals surface area (Å²) in [5.74, 6) is -2.27. The molecule has 1 aliphatic rings. The molecule has 1 unspecified atom stereocenters. The zero-order chi connectivity index (χ0) is 26.0. The van der Waals surface area contributed by atoms with Crippen molar-refractivity contribution in [2.75, 3.05) is 41.8 Å². The van der Waals surface area contributed by atoms with E-state index in [9.17, 15) is 23.1 Å². The first-order valence-electron chi connectivity index (χ1n) is 11.1. The highest BCUT2D eigenvalue weighted by Crippen LogP contribution is 2.28. The first-order valence-corrected chi connectivity index (χ1v) is 11.5. The van der Waals surface area contributed by atoms with Crippen molar-refractivity contribution in [1.82, 2.24) is 14.9 Å². The minimum absolute atomic E-state index is 0.00932. The number of amides is 1. The van der Waals surface area contributed by atoms with Gasteiger partial charge in [0.1, 0.15) is 23.3 Å². The molecule has 1 atom stereocenters. The summed E-state index contributed by atoms with van der Waals surface area (Å²) >= 11 is 5.85. The molecule has 2 N–H and O–H groups in total. The maximum atomic E-state index is 14.9. The molecule has 2 aromatic carbocycles. The fraction of sp³-hybridized carbons (Fsp3) is 0.292. The SMILES string of the molecule is CC1CN(c2ccc(Nc3nccc(N(Cc4c(F)ccc(F)c4Cl)C(=O)O)n3)cc2F)CCN1C. The van der Waals surface area contributed by atoms with Crippen LogP contribution in [-0.2, 0) is 6.54 Å². The average Bonchev–Trinajstić information content (AvgIpc) is 2.83. The predicted octanol–water partition coefficient (Wildman–Crippen LogP) is 5.12. The minimum Gasteiger partial charge on any atom is -0.465 e. The average molecular weight is 521 g/mol. The molecule has 8 nitrogen and oxygen atoms in total. The van der Waals surface area contributed by atoms with E-state index in [0.29, 0.717) is 35.4 Å². The Hall–Kier alpha value is -3.57. The molecule has 0 aliphatic carbocycles. The lowest BCUT2D eigenvalue weighted by molar-refractivity contribution is 0.201. The fourth-order valence-electron chi connectivity index (χ4n) is 3.92. The van der Waals surface area contributed by atoms with Crippen molar-refractivity contribution in [2.24, 2.45) is 0 Å². The van der Waals surface area contributed by atoms with E-state index in [2.05, 4.69) is 27.1 Å². The Labute approximate surface area is 210 Å². The first kappa shape index (κ1) is 25.5. The van der Waals surface area contributed by atoms with E-state index in [-0.39, 0.29) is 17.3 Å². The van der Waals surface area contributed by atoms with Crippen LogP contribution in [-0.4, -0.2) is 58.8 Å². The number of carboxylic acid groups (broad SMARTS) is 1. The number of piperazine rings is 1. The van der Waals surface area contributed by atoms with Crippen LogP contribution in [0, 0.1) is 17.5 Å².